The molecule has 2 N–H and O–H groups in total. The molecule has 0 amide bonds. The number of benzene rings is 2. The molecule has 2 aromatic carbocycles. The monoisotopic (exact) mass is 337 g/mol. The van der Waals surface area contributed by atoms with Gasteiger partial charge in [-0.1, -0.05) is 72.8 Å². The molecule has 25 heavy (non-hydrogen) atoms. The van der Waals surface area contributed by atoms with Gasteiger partial charge in [-0.25, -0.2) is 0 Å². The molecule has 0 aliphatic heterocycles. The SMILES string of the molecule is CC(C)(C)OC(=O)[C@](N)(C/C=C\c1ccccc1)Cc1ccccc1. The van der Waals surface area contributed by atoms with Crippen LogP contribution < -0.4 is 5.73 Å². The summed E-state index contributed by atoms with van der Waals surface area (Å²) in [6.07, 6.45) is 4.77. The Morgan fingerprint density at radius 3 is 2.12 bits per heavy atom. The van der Waals surface area contributed by atoms with Crippen LogP contribution in [0.3, 0.4) is 0 Å². The molecular formula is C22H27NO2. The van der Waals surface area contributed by atoms with Crippen molar-refractivity contribution in [1.29, 1.82) is 0 Å². The first-order valence-electron chi connectivity index (χ1n) is 8.56. The Balaban J connectivity index is 2.18. The molecule has 0 unspecified atom stereocenters. The van der Waals surface area contributed by atoms with Gasteiger partial charge in [0.25, 0.3) is 0 Å². The van der Waals surface area contributed by atoms with E-state index < -0.39 is 11.1 Å². The number of carbonyl (C=O) groups excluding carboxylic acids is 1. The summed E-state index contributed by atoms with van der Waals surface area (Å²) in [5.41, 5.74) is 6.95. The second-order valence-electron chi connectivity index (χ2n) is 7.34. The predicted octanol–water partition coefficient (Wildman–Crippen LogP) is 4.37. The smallest absolute Gasteiger partial charge is 0.327 e. The Hall–Kier alpha value is -2.39. The third-order valence-corrected chi connectivity index (χ3v) is 3.76. The minimum Gasteiger partial charge on any atom is -0.459 e. The van der Waals surface area contributed by atoms with Crippen molar-refractivity contribution < 1.29 is 9.53 Å². The highest BCUT2D eigenvalue weighted by Crippen LogP contribution is 2.21. The molecule has 0 aliphatic rings. The van der Waals surface area contributed by atoms with Crippen LogP contribution in [0.15, 0.2) is 66.7 Å². The van der Waals surface area contributed by atoms with Crippen LogP contribution in [0, 0.1) is 0 Å². The molecule has 0 spiro atoms. The van der Waals surface area contributed by atoms with Crippen molar-refractivity contribution in [2.75, 3.05) is 0 Å². The lowest BCUT2D eigenvalue weighted by molar-refractivity contribution is -0.161. The van der Waals surface area contributed by atoms with Crippen LogP contribution in [0.5, 0.6) is 0 Å². The number of hydrogen-bond donors (Lipinski definition) is 1. The number of hydrogen-bond acceptors (Lipinski definition) is 3. The molecule has 0 aliphatic carbocycles. The van der Waals surface area contributed by atoms with Gasteiger partial charge >= 0.3 is 5.97 Å². The normalized spacial score (nSPS) is 14.2. The maximum atomic E-state index is 12.7. The summed E-state index contributed by atoms with van der Waals surface area (Å²) in [5.74, 6) is -0.374. The van der Waals surface area contributed by atoms with Crippen LogP contribution in [0.2, 0.25) is 0 Å². The molecule has 0 saturated heterocycles. The van der Waals surface area contributed by atoms with Gasteiger partial charge in [0.15, 0.2) is 0 Å². The Morgan fingerprint density at radius 1 is 1.00 bits per heavy atom. The van der Waals surface area contributed by atoms with E-state index in [2.05, 4.69) is 0 Å². The molecule has 132 valence electrons. The van der Waals surface area contributed by atoms with Crippen molar-refractivity contribution in [3.8, 4) is 0 Å². The van der Waals surface area contributed by atoms with E-state index in [1.807, 2.05) is 93.6 Å². The zero-order valence-corrected chi connectivity index (χ0v) is 15.2. The summed E-state index contributed by atoms with van der Waals surface area (Å²) in [4.78, 5) is 12.7. The van der Waals surface area contributed by atoms with Crippen molar-refractivity contribution in [3.05, 3.63) is 77.9 Å². The lowest BCUT2D eigenvalue weighted by atomic mass is 9.88. The minimum absolute atomic E-state index is 0.374. The number of carbonyl (C=O) groups is 1. The van der Waals surface area contributed by atoms with Crippen molar-refractivity contribution >= 4 is 12.0 Å². The third-order valence-electron chi connectivity index (χ3n) is 3.76. The molecule has 2 aromatic rings. The summed E-state index contributed by atoms with van der Waals surface area (Å²) in [7, 11) is 0. The first-order chi connectivity index (χ1) is 11.8. The molecule has 2 rings (SSSR count). The minimum atomic E-state index is -1.10. The lowest BCUT2D eigenvalue weighted by Gasteiger charge is -2.30. The zero-order valence-electron chi connectivity index (χ0n) is 15.2. The molecule has 3 heteroatoms. The molecule has 3 nitrogen and oxygen atoms in total. The van der Waals surface area contributed by atoms with Gasteiger partial charge in [0.2, 0.25) is 0 Å². The Morgan fingerprint density at radius 2 is 1.56 bits per heavy atom. The maximum absolute atomic E-state index is 12.7. The van der Waals surface area contributed by atoms with Gasteiger partial charge in [-0.2, -0.15) is 0 Å². The van der Waals surface area contributed by atoms with E-state index >= 15 is 0 Å². The van der Waals surface area contributed by atoms with Gasteiger partial charge in [-0.15, -0.1) is 0 Å². The molecule has 0 bridgehead atoms. The largest absolute Gasteiger partial charge is 0.459 e. The maximum Gasteiger partial charge on any atom is 0.327 e. The highest BCUT2D eigenvalue weighted by molar-refractivity contribution is 5.82. The van der Waals surface area contributed by atoms with E-state index in [1.54, 1.807) is 0 Å². The number of rotatable bonds is 6. The zero-order chi connectivity index (χ0) is 18.3. The lowest BCUT2D eigenvalue weighted by Crippen LogP contribution is -2.52. The number of ether oxygens (including phenoxy) is 1. The predicted molar refractivity (Wildman–Crippen MR) is 103 cm³/mol. The van der Waals surface area contributed by atoms with Gasteiger partial charge in [0.05, 0.1) is 0 Å². The summed E-state index contributed by atoms with van der Waals surface area (Å²) < 4.78 is 5.58. The Labute approximate surface area is 150 Å². The first-order valence-corrected chi connectivity index (χ1v) is 8.56. The fourth-order valence-corrected chi connectivity index (χ4v) is 2.54. The number of nitrogens with two attached hydrogens (primary N) is 1. The average Bonchev–Trinajstić information content (AvgIpc) is 2.55. The molecular weight excluding hydrogens is 310 g/mol. The van der Waals surface area contributed by atoms with Crippen LogP contribution >= 0.6 is 0 Å². The topological polar surface area (TPSA) is 52.3 Å². The van der Waals surface area contributed by atoms with E-state index in [0.29, 0.717) is 12.8 Å². The molecule has 0 heterocycles. The van der Waals surface area contributed by atoms with Gasteiger partial charge in [0, 0.05) is 6.42 Å². The second-order valence-corrected chi connectivity index (χ2v) is 7.34. The Bertz CT molecular complexity index is 702. The van der Waals surface area contributed by atoms with Crippen molar-refractivity contribution in [2.24, 2.45) is 5.73 Å². The van der Waals surface area contributed by atoms with Crippen LogP contribution in [0.1, 0.15) is 38.3 Å². The molecule has 1 atom stereocenters. The van der Waals surface area contributed by atoms with E-state index in [1.165, 1.54) is 0 Å². The fourth-order valence-electron chi connectivity index (χ4n) is 2.54. The fraction of sp³-hybridized carbons (Fsp3) is 0.318. The summed E-state index contributed by atoms with van der Waals surface area (Å²) in [6, 6.07) is 19.8. The van der Waals surface area contributed by atoms with E-state index in [4.69, 9.17) is 10.5 Å². The second kappa shape index (κ2) is 8.13. The summed E-state index contributed by atoms with van der Waals surface area (Å²) in [5, 5.41) is 0. The third kappa shape index (κ3) is 6.20. The van der Waals surface area contributed by atoms with Gasteiger partial charge in [-0.3, -0.25) is 4.79 Å². The summed E-state index contributed by atoms with van der Waals surface area (Å²) >= 11 is 0. The highest BCUT2D eigenvalue weighted by Gasteiger charge is 2.37. The van der Waals surface area contributed by atoms with Crippen LogP contribution in [-0.2, 0) is 16.0 Å². The molecule has 0 fully saturated rings. The van der Waals surface area contributed by atoms with Crippen molar-refractivity contribution in [1.82, 2.24) is 0 Å². The highest BCUT2D eigenvalue weighted by atomic mass is 16.6. The standard InChI is InChI=1S/C22H27NO2/c1-21(2,3)25-20(24)22(23,17-19-13-8-5-9-14-19)16-10-15-18-11-6-4-7-12-18/h4-15H,16-17,23H2,1-3H3/b15-10-/t22-/m0/s1. The van der Waals surface area contributed by atoms with E-state index in [0.717, 1.165) is 11.1 Å². The number of esters is 1. The molecule has 0 radical (unpaired) electrons. The van der Waals surface area contributed by atoms with E-state index in [9.17, 15) is 4.79 Å². The van der Waals surface area contributed by atoms with E-state index in [-0.39, 0.29) is 5.97 Å². The van der Waals surface area contributed by atoms with Gasteiger partial charge < -0.3 is 10.5 Å². The molecule has 0 saturated carbocycles. The van der Waals surface area contributed by atoms with Gasteiger partial charge in [0.1, 0.15) is 11.1 Å². The Kier molecular flexibility index (Phi) is 6.16. The van der Waals surface area contributed by atoms with Crippen LogP contribution in [-0.4, -0.2) is 17.1 Å². The van der Waals surface area contributed by atoms with Crippen LogP contribution in [0.4, 0.5) is 0 Å². The van der Waals surface area contributed by atoms with Crippen molar-refractivity contribution in [2.45, 2.75) is 44.8 Å². The van der Waals surface area contributed by atoms with Crippen molar-refractivity contribution in [3.63, 3.8) is 0 Å². The summed E-state index contributed by atoms with van der Waals surface area (Å²) in [6.45, 7) is 5.56. The first kappa shape index (κ1) is 18.9. The average molecular weight is 337 g/mol. The van der Waals surface area contributed by atoms with Crippen LogP contribution in [0.25, 0.3) is 6.08 Å². The molecule has 0 aromatic heterocycles. The quantitative estimate of drug-likeness (QED) is 0.796. The van der Waals surface area contributed by atoms with Gasteiger partial charge in [-0.05, 0) is 38.3 Å².